The van der Waals surface area contributed by atoms with Crippen molar-refractivity contribution >= 4 is 25.7 Å². The van der Waals surface area contributed by atoms with E-state index in [2.05, 4.69) is 9.44 Å². The van der Waals surface area contributed by atoms with Gasteiger partial charge in [-0.25, -0.2) is 21.6 Å². The number of nitrogens with one attached hydrogen (secondary N) is 2. The van der Waals surface area contributed by atoms with Crippen molar-refractivity contribution in [2.75, 3.05) is 4.72 Å². The predicted octanol–water partition coefficient (Wildman–Crippen LogP) is 2.95. The number of halogens is 3. The molecule has 1 aliphatic carbocycles. The number of hydrogen-bond donors (Lipinski definition) is 2. The maximum Gasteiger partial charge on any atom is 0.416 e. The molecule has 1 fully saturated rings. The summed E-state index contributed by atoms with van der Waals surface area (Å²) in [4.78, 5) is -0.583. The van der Waals surface area contributed by atoms with E-state index in [4.69, 9.17) is 0 Å². The number of anilines is 1. The minimum atomic E-state index is -4.67. The maximum atomic E-state index is 12.8. The van der Waals surface area contributed by atoms with Crippen molar-refractivity contribution in [2.45, 2.75) is 34.9 Å². The van der Waals surface area contributed by atoms with E-state index in [9.17, 15) is 30.0 Å². The summed E-state index contributed by atoms with van der Waals surface area (Å²) < 4.78 is 91.7. The monoisotopic (exact) mass is 420 g/mol. The van der Waals surface area contributed by atoms with Gasteiger partial charge in [-0.15, -0.1) is 0 Å². The van der Waals surface area contributed by atoms with Crippen LogP contribution in [0, 0.1) is 0 Å². The van der Waals surface area contributed by atoms with Crippen LogP contribution < -0.4 is 9.44 Å². The van der Waals surface area contributed by atoms with Crippen LogP contribution in [0.3, 0.4) is 0 Å². The Kier molecular flexibility index (Phi) is 4.95. The average Bonchev–Trinajstić information content (AvgIpc) is 3.38. The molecule has 0 aliphatic heterocycles. The number of hydrogen-bond acceptors (Lipinski definition) is 4. The summed E-state index contributed by atoms with van der Waals surface area (Å²) in [5, 5.41) is 0. The first-order valence-corrected chi connectivity index (χ1v) is 10.8. The highest BCUT2D eigenvalue weighted by atomic mass is 32.2. The molecule has 0 unspecified atom stereocenters. The van der Waals surface area contributed by atoms with Crippen LogP contribution >= 0.6 is 0 Å². The Hall–Kier alpha value is -2.11. The van der Waals surface area contributed by atoms with Crippen molar-refractivity contribution in [3.63, 3.8) is 0 Å². The van der Waals surface area contributed by atoms with Crippen LogP contribution in [0.4, 0.5) is 18.9 Å². The van der Waals surface area contributed by atoms with Gasteiger partial charge in [-0.3, -0.25) is 4.72 Å². The van der Waals surface area contributed by atoms with E-state index >= 15 is 0 Å². The van der Waals surface area contributed by atoms with Crippen LogP contribution in [0.1, 0.15) is 18.4 Å². The third-order valence-corrected chi connectivity index (χ3v) is 6.70. The topological polar surface area (TPSA) is 92.3 Å². The fraction of sp³-hybridized carbons (Fsp3) is 0.250. The molecule has 27 heavy (non-hydrogen) atoms. The zero-order valence-corrected chi connectivity index (χ0v) is 15.3. The molecular weight excluding hydrogens is 405 g/mol. The number of alkyl halides is 3. The SMILES string of the molecule is O=S(=O)(Nc1ccc(S(=O)(=O)NC2CC2)cc1)c1cccc(C(F)(F)F)c1. The van der Waals surface area contributed by atoms with E-state index in [1.54, 1.807) is 0 Å². The molecule has 1 aliphatic rings. The van der Waals surface area contributed by atoms with Crippen LogP contribution in [-0.4, -0.2) is 22.9 Å². The molecular formula is C16H15F3N2O4S2. The largest absolute Gasteiger partial charge is 0.416 e. The van der Waals surface area contributed by atoms with E-state index in [1.807, 2.05) is 0 Å². The fourth-order valence-electron chi connectivity index (χ4n) is 2.24. The smallest absolute Gasteiger partial charge is 0.280 e. The molecule has 0 amide bonds. The lowest BCUT2D eigenvalue weighted by Gasteiger charge is -2.11. The molecule has 0 aromatic heterocycles. The molecule has 1 saturated carbocycles. The molecule has 2 N–H and O–H groups in total. The highest BCUT2D eigenvalue weighted by Crippen LogP contribution is 2.31. The number of sulfonamides is 2. The third-order valence-electron chi connectivity index (χ3n) is 3.79. The predicted molar refractivity (Wildman–Crippen MR) is 92.0 cm³/mol. The Bertz CT molecular complexity index is 1050. The highest BCUT2D eigenvalue weighted by Gasteiger charge is 2.32. The van der Waals surface area contributed by atoms with Crippen LogP contribution in [0.15, 0.2) is 58.3 Å². The van der Waals surface area contributed by atoms with Crippen LogP contribution in [0.2, 0.25) is 0 Å². The Morgan fingerprint density at radius 1 is 0.852 bits per heavy atom. The molecule has 3 rings (SSSR count). The standard InChI is InChI=1S/C16H15F3N2O4S2/c17-16(18,19)11-2-1-3-15(10-11)27(24,25)21-13-6-8-14(9-7-13)26(22,23)20-12-4-5-12/h1-3,6-10,12,20-21H,4-5H2. The maximum absolute atomic E-state index is 12.8. The van der Waals surface area contributed by atoms with E-state index < -0.39 is 36.7 Å². The van der Waals surface area contributed by atoms with Gasteiger partial charge in [-0.2, -0.15) is 13.2 Å². The van der Waals surface area contributed by atoms with Gasteiger partial charge in [0, 0.05) is 11.7 Å². The summed E-state index contributed by atoms with van der Waals surface area (Å²) in [5.41, 5.74) is -1.06. The zero-order valence-electron chi connectivity index (χ0n) is 13.7. The molecule has 0 bridgehead atoms. The second kappa shape index (κ2) is 6.80. The Labute approximate surface area is 154 Å². The zero-order chi connectivity index (χ0) is 19.9. The Morgan fingerprint density at radius 3 is 2.04 bits per heavy atom. The van der Waals surface area contributed by atoms with Gasteiger partial charge in [0.15, 0.2) is 0 Å². The lowest BCUT2D eigenvalue weighted by molar-refractivity contribution is -0.137. The minimum absolute atomic E-state index is 0.0257. The second-order valence-corrected chi connectivity index (χ2v) is 9.45. The highest BCUT2D eigenvalue weighted by molar-refractivity contribution is 7.92. The van der Waals surface area contributed by atoms with Gasteiger partial charge >= 0.3 is 6.18 Å². The number of benzene rings is 2. The van der Waals surface area contributed by atoms with Crippen LogP contribution in [-0.2, 0) is 26.2 Å². The average molecular weight is 420 g/mol. The normalized spacial score (nSPS) is 15.5. The van der Waals surface area contributed by atoms with Gasteiger partial charge in [-0.1, -0.05) is 6.07 Å². The molecule has 0 radical (unpaired) electrons. The van der Waals surface area contributed by atoms with E-state index in [1.165, 1.54) is 24.3 Å². The van der Waals surface area contributed by atoms with Gasteiger partial charge in [0.2, 0.25) is 10.0 Å². The summed E-state index contributed by atoms with van der Waals surface area (Å²) in [5.74, 6) is 0. The first kappa shape index (κ1) is 19.6. The van der Waals surface area contributed by atoms with Crippen LogP contribution in [0.5, 0.6) is 0 Å². The second-order valence-electron chi connectivity index (χ2n) is 6.05. The minimum Gasteiger partial charge on any atom is -0.280 e. The molecule has 0 atom stereocenters. The molecule has 0 saturated heterocycles. The number of rotatable bonds is 6. The fourth-order valence-corrected chi connectivity index (χ4v) is 4.65. The molecule has 2 aromatic rings. The van der Waals surface area contributed by atoms with Gasteiger partial charge in [0.05, 0.1) is 15.4 Å². The van der Waals surface area contributed by atoms with Gasteiger partial charge in [0.25, 0.3) is 10.0 Å². The van der Waals surface area contributed by atoms with Gasteiger partial charge in [-0.05, 0) is 55.3 Å². The van der Waals surface area contributed by atoms with Crippen molar-refractivity contribution in [1.29, 1.82) is 0 Å². The van der Waals surface area contributed by atoms with Crippen molar-refractivity contribution in [1.82, 2.24) is 4.72 Å². The van der Waals surface area contributed by atoms with E-state index in [-0.39, 0.29) is 16.6 Å². The first-order valence-electron chi connectivity index (χ1n) is 7.80. The molecule has 2 aromatic carbocycles. The summed E-state index contributed by atoms with van der Waals surface area (Å²) in [6.45, 7) is 0. The van der Waals surface area contributed by atoms with Crippen molar-refractivity contribution in [3.8, 4) is 0 Å². The van der Waals surface area contributed by atoms with Crippen molar-refractivity contribution < 1.29 is 30.0 Å². The van der Waals surface area contributed by atoms with E-state index in [0.717, 1.165) is 31.0 Å². The van der Waals surface area contributed by atoms with E-state index in [0.29, 0.717) is 6.07 Å². The lowest BCUT2D eigenvalue weighted by atomic mass is 10.2. The molecule has 0 spiro atoms. The quantitative estimate of drug-likeness (QED) is 0.752. The van der Waals surface area contributed by atoms with Gasteiger partial charge in [0.1, 0.15) is 0 Å². The van der Waals surface area contributed by atoms with Gasteiger partial charge < -0.3 is 0 Å². The molecule has 146 valence electrons. The molecule has 0 heterocycles. The Morgan fingerprint density at radius 2 is 1.48 bits per heavy atom. The third kappa shape index (κ3) is 4.79. The summed E-state index contributed by atoms with van der Waals surface area (Å²) >= 11 is 0. The Balaban J connectivity index is 1.80. The van der Waals surface area contributed by atoms with Crippen LogP contribution in [0.25, 0.3) is 0 Å². The lowest BCUT2D eigenvalue weighted by Crippen LogP contribution is -2.25. The van der Waals surface area contributed by atoms with Crippen molar-refractivity contribution in [2.24, 2.45) is 0 Å². The molecule has 11 heteroatoms. The molecule has 6 nitrogen and oxygen atoms in total. The summed E-state index contributed by atoms with van der Waals surface area (Å²) in [6.07, 6.45) is -3.13. The summed E-state index contributed by atoms with van der Waals surface area (Å²) in [6, 6.07) is 8.15. The summed E-state index contributed by atoms with van der Waals surface area (Å²) in [7, 11) is -7.95. The first-order chi connectivity index (χ1) is 12.5. The van der Waals surface area contributed by atoms with Crippen molar-refractivity contribution in [3.05, 3.63) is 54.1 Å².